The molecule has 3 rings (SSSR count). The van der Waals surface area contributed by atoms with Crippen LogP contribution >= 0.6 is 11.6 Å². The molecule has 1 aliphatic rings. The van der Waals surface area contributed by atoms with Crippen LogP contribution in [-0.4, -0.2) is 11.9 Å². The molecule has 2 N–H and O–H groups in total. The molecule has 1 saturated carbocycles. The van der Waals surface area contributed by atoms with E-state index in [1.54, 1.807) is 0 Å². The summed E-state index contributed by atoms with van der Waals surface area (Å²) in [5.41, 5.74) is 1.69. The SMILES string of the molecule is CC(NC(c1ccccc1)C1CC1)C(=O)Nc1ccc(F)c(Cl)c1. The van der Waals surface area contributed by atoms with Gasteiger partial charge in [-0.2, -0.15) is 0 Å². The Morgan fingerprint density at radius 3 is 2.54 bits per heavy atom. The van der Waals surface area contributed by atoms with E-state index in [4.69, 9.17) is 11.6 Å². The Morgan fingerprint density at radius 2 is 1.92 bits per heavy atom. The lowest BCUT2D eigenvalue weighted by Gasteiger charge is -2.23. The molecule has 2 aromatic rings. The van der Waals surface area contributed by atoms with Gasteiger partial charge in [0.1, 0.15) is 5.82 Å². The highest BCUT2D eigenvalue weighted by atomic mass is 35.5. The molecule has 1 aliphatic carbocycles. The van der Waals surface area contributed by atoms with E-state index in [2.05, 4.69) is 22.8 Å². The molecule has 0 bridgehead atoms. The van der Waals surface area contributed by atoms with Crippen molar-refractivity contribution in [1.29, 1.82) is 0 Å². The fourth-order valence-electron chi connectivity index (χ4n) is 2.76. The van der Waals surface area contributed by atoms with Gasteiger partial charge in [-0.1, -0.05) is 41.9 Å². The number of nitrogens with one attached hydrogen (secondary N) is 2. The van der Waals surface area contributed by atoms with Crippen LogP contribution in [0.1, 0.15) is 31.4 Å². The van der Waals surface area contributed by atoms with Crippen molar-refractivity contribution < 1.29 is 9.18 Å². The van der Waals surface area contributed by atoms with Gasteiger partial charge >= 0.3 is 0 Å². The summed E-state index contributed by atoms with van der Waals surface area (Å²) in [6.07, 6.45) is 2.35. The first-order valence-corrected chi connectivity index (χ1v) is 8.49. The highest BCUT2D eigenvalue weighted by Crippen LogP contribution is 2.41. The normalized spacial score (nSPS) is 16.5. The van der Waals surface area contributed by atoms with E-state index in [0.29, 0.717) is 11.6 Å². The molecule has 5 heteroatoms. The number of anilines is 1. The van der Waals surface area contributed by atoms with E-state index in [1.807, 2.05) is 25.1 Å². The lowest BCUT2D eigenvalue weighted by Crippen LogP contribution is -2.40. The number of hydrogen-bond donors (Lipinski definition) is 2. The summed E-state index contributed by atoms with van der Waals surface area (Å²) in [4.78, 5) is 12.4. The minimum atomic E-state index is -0.501. The Balaban J connectivity index is 1.65. The van der Waals surface area contributed by atoms with E-state index in [1.165, 1.54) is 36.6 Å². The lowest BCUT2D eigenvalue weighted by molar-refractivity contribution is -0.118. The molecule has 1 amide bonds. The number of carbonyl (C=O) groups excluding carboxylic acids is 1. The van der Waals surface area contributed by atoms with Crippen molar-refractivity contribution in [3.05, 3.63) is 64.9 Å². The van der Waals surface area contributed by atoms with Crippen LogP contribution in [0.4, 0.5) is 10.1 Å². The fourth-order valence-corrected chi connectivity index (χ4v) is 2.94. The van der Waals surface area contributed by atoms with Gasteiger partial charge in [-0.15, -0.1) is 0 Å². The molecule has 0 aliphatic heterocycles. The van der Waals surface area contributed by atoms with Crippen LogP contribution in [0, 0.1) is 11.7 Å². The van der Waals surface area contributed by atoms with Crippen LogP contribution in [0.25, 0.3) is 0 Å². The second-order valence-corrected chi connectivity index (χ2v) is 6.64. The van der Waals surface area contributed by atoms with Crippen molar-refractivity contribution in [3.63, 3.8) is 0 Å². The smallest absolute Gasteiger partial charge is 0.241 e. The fraction of sp³-hybridized carbons (Fsp3) is 0.316. The molecule has 0 saturated heterocycles. The molecule has 126 valence electrons. The number of carbonyl (C=O) groups is 1. The van der Waals surface area contributed by atoms with Gasteiger partial charge in [0.05, 0.1) is 11.1 Å². The van der Waals surface area contributed by atoms with Crippen molar-refractivity contribution in [2.75, 3.05) is 5.32 Å². The van der Waals surface area contributed by atoms with E-state index in [0.717, 1.165) is 0 Å². The van der Waals surface area contributed by atoms with E-state index in [9.17, 15) is 9.18 Å². The van der Waals surface area contributed by atoms with Crippen LogP contribution in [0.3, 0.4) is 0 Å². The van der Waals surface area contributed by atoms with Crippen LogP contribution in [0.5, 0.6) is 0 Å². The molecular weight excluding hydrogens is 327 g/mol. The predicted octanol–water partition coefficient (Wildman–Crippen LogP) is 4.55. The third-order valence-electron chi connectivity index (χ3n) is 4.26. The summed E-state index contributed by atoms with van der Waals surface area (Å²) in [5, 5.41) is 6.19. The van der Waals surface area contributed by atoms with Crippen LogP contribution in [-0.2, 0) is 4.79 Å². The van der Waals surface area contributed by atoms with Crippen molar-refractivity contribution in [3.8, 4) is 0 Å². The van der Waals surface area contributed by atoms with Crippen LogP contribution in [0.15, 0.2) is 48.5 Å². The zero-order valence-corrected chi connectivity index (χ0v) is 14.2. The molecular formula is C19H20ClFN2O. The second kappa shape index (κ2) is 7.32. The molecule has 2 unspecified atom stereocenters. The number of amides is 1. The molecule has 0 radical (unpaired) electrons. The summed E-state index contributed by atoms with van der Waals surface area (Å²) >= 11 is 5.75. The standard InChI is InChI=1S/C19H20ClFN2O/c1-12(19(24)23-15-9-10-17(21)16(20)11-15)22-18(14-7-8-14)13-5-3-2-4-6-13/h2-6,9-12,14,18,22H,7-8H2,1H3,(H,23,24). The largest absolute Gasteiger partial charge is 0.325 e. The van der Waals surface area contributed by atoms with E-state index < -0.39 is 5.82 Å². The Hall–Kier alpha value is -1.91. The Kier molecular flexibility index (Phi) is 5.17. The quantitative estimate of drug-likeness (QED) is 0.805. The predicted molar refractivity (Wildman–Crippen MR) is 94.5 cm³/mol. The average Bonchev–Trinajstić information content (AvgIpc) is 3.41. The van der Waals surface area contributed by atoms with Crippen molar-refractivity contribution >= 4 is 23.2 Å². The summed E-state index contributed by atoms with van der Waals surface area (Å²) in [5.74, 6) is -0.0964. The second-order valence-electron chi connectivity index (χ2n) is 6.23. The zero-order chi connectivity index (χ0) is 17.1. The van der Waals surface area contributed by atoms with Crippen molar-refractivity contribution in [1.82, 2.24) is 5.32 Å². The highest BCUT2D eigenvalue weighted by molar-refractivity contribution is 6.31. The maximum Gasteiger partial charge on any atom is 0.241 e. The zero-order valence-electron chi connectivity index (χ0n) is 13.4. The van der Waals surface area contributed by atoms with Crippen molar-refractivity contribution in [2.45, 2.75) is 31.8 Å². The molecule has 2 atom stereocenters. The minimum absolute atomic E-state index is 0.00597. The highest BCUT2D eigenvalue weighted by Gasteiger charge is 2.33. The summed E-state index contributed by atoms with van der Waals surface area (Å²) < 4.78 is 13.2. The molecule has 1 fully saturated rings. The molecule has 0 spiro atoms. The van der Waals surface area contributed by atoms with Gasteiger partial charge in [0.25, 0.3) is 0 Å². The maximum absolute atomic E-state index is 13.2. The summed E-state index contributed by atoms with van der Waals surface area (Å²) in [6, 6.07) is 14.1. The van der Waals surface area contributed by atoms with E-state index >= 15 is 0 Å². The van der Waals surface area contributed by atoms with E-state index in [-0.39, 0.29) is 23.0 Å². The van der Waals surface area contributed by atoms with Gasteiger partial charge in [-0.25, -0.2) is 4.39 Å². The summed E-state index contributed by atoms with van der Waals surface area (Å²) in [6.45, 7) is 1.83. The number of halogens is 2. The summed E-state index contributed by atoms with van der Waals surface area (Å²) in [7, 11) is 0. The van der Waals surface area contributed by atoms with Gasteiger partial charge in [-0.3, -0.25) is 10.1 Å². The van der Waals surface area contributed by atoms with Crippen LogP contribution < -0.4 is 10.6 Å². The van der Waals surface area contributed by atoms with Crippen LogP contribution in [0.2, 0.25) is 5.02 Å². The monoisotopic (exact) mass is 346 g/mol. The number of rotatable bonds is 6. The Morgan fingerprint density at radius 1 is 1.21 bits per heavy atom. The molecule has 0 aromatic heterocycles. The third-order valence-corrected chi connectivity index (χ3v) is 4.55. The van der Waals surface area contributed by atoms with Gasteiger partial charge < -0.3 is 5.32 Å². The van der Waals surface area contributed by atoms with Gasteiger partial charge in [0.15, 0.2) is 0 Å². The maximum atomic E-state index is 13.2. The van der Waals surface area contributed by atoms with Crippen molar-refractivity contribution in [2.24, 2.45) is 5.92 Å². The number of benzene rings is 2. The lowest BCUT2D eigenvalue weighted by atomic mass is 10.0. The average molecular weight is 347 g/mol. The third kappa shape index (κ3) is 4.13. The Bertz CT molecular complexity index is 719. The Labute approximate surface area is 146 Å². The topological polar surface area (TPSA) is 41.1 Å². The first kappa shape index (κ1) is 16.9. The minimum Gasteiger partial charge on any atom is -0.325 e. The first-order valence-electron chi connectivity index (χ1n) is 8.11. The van der Waals surface area contributed by atoms with Gasteiger partial charge in [0, 0.05) is 11.7 Å². The number of hydrogen-bond acceptors (Lipinski definition) is 2. The molecule has 0 heterocycles. The van der Waals surface area contributed by atoms with Gasteiger partial charge in [-0.05, 0) is 49.4 Å². The molecule has 2 aromatic carbocycles. The molecule has 24 heavy (non-hydrogen) atoms. The first-order chi connectivity index (χ1) is 11.5. The van der Waals surface area contributed by atoms with Gasteiger partial charge in [0.2, 0.25) is 5.91 Å². The molecule has 3 nitrogen and oxygen atoms in total.